The summed E-state index contributed by atoms with van der Waals surface area (Å²) in [7, 11) is -4.17. The van der Waals surface area contributed by atoms with E-state index in [1.807, 2.05) is 51.1 Å². The fourth-order valence-corrected chi connectivity index (χ4v) is 7.04. The van der Waals surface area contributed by atoms with Crippen molar-refractivity contribution in [3.05, 3.63) is 94.5 Å². The monoisotopic (exact) mass is 460 g/mol. The zero-order valence-electron chi connectivity index (χ0n) is 18.7. The molecule has 1 saturated heterocycles. The van der Waals surface area contributed by atoms with Gasteiger partial charge in [0.05, 0.1) is 12.2 Å². The van der Waals surface area contributed by atoms with Crippen LogP contribution in [0.4, 0.5) is 11.4 Å². The topological polar surface area (TPSA) is 74.8 Å². The number of fused-ring (bicyclic) bond motifs is 2. The van der Waals surface area contributed by atoms with Crippen LogP contribution in [0.15, 0.2) is 66.7 Å². The molecule has 2 heterocycles. The van der Waals surface area contributed by atoms with Crippen molar-refractivity contribution in [2.45, 2.75) is 32.2 Å². The Labute approximate surface area is 193 Å². The Morgan fingerprint density at radius 1 is 0.848 bits per heavy atom. The Morgan fingerprint density at radius 2 is 1.48 bits per heavy atom. The third-order valence-corrected chi connectivity index (χ3v) is 8.45. The second kappa shape index (κ2) is 7.28. The predicted molar refractivity (Wildman–Crippen MR) is 128 cm³/mol. The van der Waals surface area contributed by atoms with Gasteiger partial charge < -0.3 is 4.90 Å². The maximum absolute atomic E-state index is 14.1. The van der Waals surface area contributed by atoms with Crippen molar-refractivity contribution in [2.75, 3.05) is 15.6 Å². The summed E-state index contributed by atoms with van der Waals surface area (Å²) in [6.45, 7) is 5.95. The second-order valence-electron chi connectivity index (χ2n) is 8.87. The number of anilines is 2. The summed E-state index contributed by atoms with van der Waals surface area (Å²) in [5.41, 5.74) is 4.98. The summed E-state index contributed by atoms with van der Waals surface area (Å²) in [4.78, 5) is 27.9. The van der Waals surface area contributed by atoms with Crippen molar-refractivity contribution in [2.24, 2.45) is 0 Å². The third-order valence-electron chi connectivity index (χ3n) is 6.35. The molecule has 2 amide bonds. The number of carbonyl (C=O) groups excluding carboxylic acids is 2. The van der Waals surface area contributed by atoms with E-state index in [4.69, 9.17) is 0 Å². The molecule has 0 aromatic heterocycles. The molecule has 2 aliphatic heterocycles. The first kappa shape index (κ1) is 21.4. The highest BCUT2D eigenvalue weighted by molar-refractivity contribution is 7.94. The Hall–Kier alpha value is -3.45. The molecule has 2 aliphatic rings. The van der Waals surface area contributed by atoms with Gasteiger partial charge in [-0.25, -0.2) is 8.42 Å². The minimum atomic E-state index is -4.17. The Bertz CT molecular complexity index is 1390. The SMILES string of the molecule is Cc1ccc(CN2C(=O)[C@]3(c4ccccc42)N(c2cc(C)cc(C)c2)C(=O)CS3(=O)=O)cc1. The molecule has 0 radical (unpaired) electrons. The van der Waals surface area contributed by atoms with Crippen molar-refractivity contribution < 1.29 is 18.0 Å². The van der Waals surface area contributed by atoms with Crippen molar-refractivity contribution in [3.63, 3.8) is 0 Å². The zero-order chi connectivity index (χ0) is 23.5. The molecule has 3 aromatic rings. The van der Waals surface area contributed by atoms with E-state index in [1.54, 1.807) is 36.4 Å². The normalized spacial score (nSPS) is 21.2. The van der Waals surface area contributed by atoms with E-state index in [0.717, 1.165) is 22.3 Å². The highest BCUT2D eigenvalue weighted by Gasteiger charge is 2.69. The third kappa shape index (κ3) is 3.03. The maximum atomic E-state index is 14.1. The first-order chi connectivity index (χ1) is 15.6. The van der Waals surface area contributed by atoms with Gasteiger partial charge in [-0.1, -0.05) is 54.1 Å². The molecule has 168 valence electrons. The van der Waals surface area contributed by atoms with Gasteiger partial charge in [0.15, 0.2) is 9.84 Å². The van der Waals surface area contributed by atoms with Gasteiger partial charge in [-0.05, 0) is 55.7 Å². The fourth-order valence-electron chi connectivity index (χ4n) is 5.00. The molecule has 0 aliphatic carbocycles. The zero-order valence-corrected chi connectivity index (χ0v) is 19.5. The van der Waals surface area contributed by atoms with E-state index in [9.17, 15) is 18.0 Å². The average Bonchev–Trinajstić information content (AvgIpc) is 3.12. The Morgan fingerprint density at radius 3 is 2.15 bits per heavy atom. The van der Waals surface area contributed by atoms with Gasteiger partial charge in [0.25, 0.3) is 10.8 Å². The molecule has 1 atom stereocenters. The van der Waals surface area contributed by atoms with Crippen molar-refractivity contribution in [1.29, 1.82) is 0 Å². The lowest BCUT2D eigenvalue weighted by molar-refractivity contribution is -0.123. The minimum Gasteiger partial charge on any atom is -0.304 e. The number of benzene rings is 3. The van der Waals surface area contributed by atoms with Crippen LogP contribution >= 0.6 is 0 Å². The number of hydrogen-bond donors (Lipinski definition) is 0. The Kier molecular flexibility index (Phi) is 4.72. The van der Waals surface area contributed by atoms with Crippen LogP contribution in [-0.4, -0.2) is 26.0 Å². The molecule has 3 aromatic carbocycles. The van der Waals surface area contributed by atoms with Gasteiger partial charge in [0.2, 0.25) is 5.91 Å². The minimum absolute atomic E-state index is 0.211. The molecule has 0 saturated carbocycles. The van der Waals surface area contributed by atoms with Gasteiger partial charge >= 0.3 is 0 Å². The van der Waals surface area contributed by atoms with E-state index in [0.29, 0.717) is 16.9 Å². The summed E-state index contributed by atoms with van der Waals surface area (Å²) in [5.74, 6) is -1.92. The molecule has 5 rings (SSSR count). The predicted octanol–water partition coefficient (Wildman–Crippen LogP) is 3.77. The van der Waals surface area contributed by atoms with Crippen LogP contribution in [0.2, 0.25) is 0 Å². The van der Waals surface area contributed by atoms with Gasteiger partial charge in [0.1, 0.15) is 5.75 Å². The summed E-state index contributed by atoms with van der Waals surface area (Å²) in [6.07, 6.45) is 0. The van der Waals surface area contributed by atoms with Gasteiger partial charge in [0, 0.05) is 11.3 Å². The molecule has 1 fully saturated rings. The van der Waals surface area contributed by atoms with Crippen LogP contribution in [-0.2, 0) is 30.8 Å². The van der Waals surface area contributed by atoms with E-state index in [-0.39, 0.29) is 6.54 Å². The average molecular weight is 461 g/mol. The van der Waals surface area contributed by atoms with Crippen LogP contribution in [0.5, 0.6) is 0 Å². The van der Waals surface area contributed by atoms with Crippen LogP contribution in [0.25, 0.3) is 0 Å². The van der Waals surface area contributed by atoms with Gasteiger partial charge in [-0.2, -0.15) is 0 Å². The van der Waals surface area contributed by atoms with E-state index >= 15 is 0 Å². The number of aryl methyl sites for hydroxylation is 3. The molecule has 33 heavy (non-hydrogen) atoms. The fraction of sp³-hybridized carbons (Fsp3) is 0.231. The summed E-state index contributed by atoms with van der Waals surface area (Å²) in [6, 6.07) is 20.1. The lowest BCUT2D eigenvalue weighted by Gasteiger charge is -2.33. The first-order valence-corrected chi connectivity index (χ1v) is 12.4. The number of amides is 2. The van der Waals surface area contributed by atoms with E-state index in [1.165, 1.54) is 9.80 Å². The standard InChI is InChI=1S/C26H24N2O4S/c1-17-8-10-20(11-9-17)15-27-23-7-5-4-6-22(23)26(25(27)30)28(24(29)16-33(26,31)32)21-13-18(2)12-19(3)14-21/h4-14H,15-16H2,1-3H3/t26-/m1/s1. The van der Waals surface area contributed by atoms with Crippen molar-refractivity contribution in [1.82, 2.24) is 0 Å². The number of hydrogen-bond acceptors (Lipinski definition) is 4. The maximum Gasteiger partial charge on any atom is 0.274 e. The summed E-state index contributed by atoms with van der Waals surface area (Å²) >= 11 is 0. The molecule has 7 heteroatoms. The van der Waals surface area contributed by atoms with Crippen LogP contribution in [0.1, 0.15) is 27.8 Å². The summed E-state index contributed by atoms with van der Waals surface area (Å²) in [5, 5.41) is 0. The van der Waals surface area contributed by atoms with Gasteiger partial charge in [-0.15, -0.1) is 0 Å². The molecular formula is C26H24N2O4S. The highest BCUT2D eigenvalue weighted by Crippen LogP contribution is 2.52. The molecule has 0 unspecified atom stereocenters. The first-order valence-electron chi connectivity index (χ1n) is 10.8. The largest absolute Gasteiger partial charge is 0.304 e. The number of nitrogens with zero attached hydrogens (tertiary/aromatic N) is 2. The number of carbonyl (C=O) groups is 2. The number of sulfone groups is 1. The van der Waals surface area contributed by atoms with Gasteiger partial charge in [-0.3, -0.25) is 14.5 Å². The molecule has 6 nitrogen and oxygen atoms in total. The Balaban J connectivity index is 1.74. The van der Waals surface area contributed by atoms with Crippen LogP contribution < -0.4 is 9.80 Å². The number of rotatable bonds is 3. The molecular weight excluding hydrogens is 436 g/mol. The van der Waals surface area contributed by atoms with Crippen molar-refractivity contribution in [3.8, 4) is 0 Å². The highest BCUT2D eigenvalue weighted by atomic mass is 32.2. The van der Waals surface area contributed by atoms with Crippen LogP contribution in [0.3, 0.4) is 0 Å². The lowest BCUT2D eigenvalue weighted by atomic mass is 10.0. The number of para-hydroxylation sites is 1. The summed E-state index contributed by atoms with van der Waals surface area (Å²) < 4.78 is 27.3. The molecule has 0 bridgehead atoms. The quantitative estimate of drug-likeness (QED) is 0.596. The van der Waals surface area contributed by atoms with E-state index < -0.39 is 32.3 Å². The smallest absolute Gasteiger partial charge is 0.274 e. The second-order valence-corrected chi connectivity index (χ2v) is 11.0. The van der Waals surface area contributed by atoms with Crippen molar-refractivity contribution >= 4 is 33.0 Å². The van der Waals surface area contributed by atoms with E-state index in [2.05, 4.69) is 0 Å². The molecule has 1 spiro atoms. The molecule has 0 N–H and O–H groups in total. The van der Waals surface area contributed by atoms with Crippen LogP contribution in [0, 0.1) is 20.8 Å². The lowest BCUT2D eigenvalue weighted by Crippen LogP contribution is -2.54.